The molecule has 4 atom stereocenters. The predicted molar refractivity (Wildman–Crippen MR) is 165 cm³/mol. The Hall–Kier alpha value is -4.66. The minimum atomic E-state index is -5.64. The van der Waals surface area contributed by atoms with Gasteiger partial charge < -0.3 is 25.2 Å². The smallest absolute Gasteiger partial charge is 0.496 e. The first-order chi connectivity index (χ1) is 22.4. The Morgan fingerprint density at radius 2 is 1.62 bits per heavy atom. The van der Waals surface area contributed by atoms with Crippen molar-refractivity contribution in [2.75, 3.05) is 12.4 Å². The SMILES string of the molecule is COc1cc(F)c(-c2ccc(OC(C)(C)C(=O)O)cc2)cc1C(=O)N[C@@H]1[C@H]2CC[C@H](C2)[C@@H]1C(=O)Nc1cccc(S(=O)(=O)C(F)(F)F)c1. The minimum absolute atomic E-state index is 0.0202. The summed E-state index contributed by atoms with van der Waals surface area (Å²) in [4.78, 5) is 37.6. The molecule has 0 spiro atoms. The molecule has 0 unspecified atom stereocenters. The van der Waals surface area contributed by atoms with Crippen molar-refractivity contribution in [1.29, 1.82) is 0 Å². The van der Waals surface area contributed by atoms with E-state index in [0.29, 0.717) is 18.4 Å². The molecular weight excluding hydrogens is 660 g/mol. The van der Waals surface area contributed by atoms with Gasteiger partial charge in [0.15, 0.2) is 5.60 Å². The van der Waals surface area contributed by atoms with E-state index in [1.165, 1.54) is 57.4 Å². The average Bonchev–Trinajstić information content (AvgIpc) is 3.63. The van der Waals surface area contributed by atoms with Gasteiger partial charge in [-0.1, -0.05) is 18.2 Å². The number of fused-ring (bicyclic) bond motifs is 2. The number of carboxylic acids is 1. The van der Waals surface area contributed by atoms with Crippen molar-refractivity contribution in [3.63, 3.8) is 0 Å². The fraction of sp³-hybridized carbons (Fsp3) is 0.364. The molecule has 0 radical (unpaired) electrons. The number of anilines is 1. The van der Waals surface area contributed by atoms with Gasteiger partial charge in [0.1, 0.15) is 17.3 Å². The van der Waals surface area contributed by atoms with Crippen LogP contribution in [0.5, 0.6) is 11.5 Å². The van der Waals surface area contributed by atoms with Gasteiger partial charge in [0.2, 0.25) is 5.91 Å². The Bertz CT molecular complexity index is 1860. The molecule has 2 aliphatic carbocycles. The fourth-order valence-electron chi connectivity index (χ4n) is 6.37. The van der Waals surface area contributed by atoms with Crippen LogP contribution in [0.25, 0.3) is 11.1 Å². The first-order valence-corrected chi connectivity index (χ1v) is 16.3. The number of sulfone groups is 1. The molecule has 48 heavy (non-hydrogen) atoms. The third kappa shape index (κ3) is 6.68. The van der Waals surface area contributed by atoms with Crippen LogP contribution in [0.3, 0.4) is 0 Å². The molecule has 0 heterocycles. The van der Waals surface area contributed by atoms with Crippen LogP contribution >= 0.6 is 0 Å². The number of benzene rings is 3. The molecule has 2 fully saturated rings. The van der Waals surface area contributed by atoms with Gasteiger partial charge in [-0.05, 0) is 86.9 Å². The number of halogens is 4. The van der Waals surface area contributed by atoms with E-state index in [1.54, 1.807) is 0 Å². The van der Waals surface area contributed by atoms with Crippen LogP contribution in [-0.2, 0) is 19.4 Å². The van der Waals surface area contributed by atoms with E-state index < -0.39 is 61.4 Å². The Morgan fingerprint density at radius 1 is 0.958 bits per heavy atom. The lowest BCUT2D eigenvalue weighted by Gasteiger charge is -2.31. The Kier molecular flexibility index (Phi) is 9.21. The maximum absolute atomic E-state index is 15.2. The number of aliphatic carboxylic acids is 1. The zero-order chi connectivity index (χ0) is 35.2. The van der Waals surface area contributed by atoms with Crippen LogP contribution in [0.1, 0.15) is 43.5 Å². The van der Waals surface area contributed by atoms with Gasteiger partial charge >= 0.3 is 11.5 Å². The van der Waals surface area contributed by atoms with Crippen molar-refractivity contribution in [3.8, 4) is 22.6 Å². The lowest BCUT2D eigenvalue weighted by molar-refractivity contribution is -0.152. The molecule has 10 nitrogen and oxygen atoms in total. The lowest BCUT2D eigenvalue weighted by Crippen LogP contribution is -2.48. The number of carbonyl (C=O) groups excluding carboxylic acids is 2. The molecule has 3 aromatic carbocycles. The molecular formula is C33H32F4N2O8S. The second kappa shape index (κ2) is 12.7. The van der Waals surface area contributed by atoms with Crippen LogP contribution in [-0.4, -0.2) is 55.6 Å². The monoisotopic (exact) mass is 692 g/mol. The predicted octanol–water partition coefficient (Wildman–Crippen LogP) is 5.82. The molecule has 0 saturated heterocycles. The van der Waals surface area contributed by atoms with Gasteiger partial charge in [-0.2, -0.15) is 13.2 Å². The average molecular weight is 693 g/mol. The highest BCUT2D eigenvalue weighted by Gasteiger charge is 2.52. The van der Waals surface area contributed by atoms with E-state index in [0.717, 1.165) is 30.7 Å². The van der Waals surface area contributed by atoms with Crippen LogP contribution in [0.2, 0.25) is 0 Å². The van der Waals surface area contributed by atoms with Crippen molar-refractivity contribution in [2.24, 2.45) is 17.8 Å². The summed E-state index contributed by atoms with van der Waals surface area (Å²) in [6, 6.07) is 11.5. The van der Waals surface area contributed by atoms with E-state index in [4.69, 9.17) is 9.47 Å². The molecule has 3 aromatic rings. The topological polar surface area (TPSA) is 148 Å². The highest BCUT2D eigenvalue weighted by molar-refractivity contribution is 7.92. The Balaban J connectivity index is 1.37. The number of carbonyl (C=O) groups is 3. The van der Waals surface area contributed by atoms with E-state index >= 15 is 4.39 Å². The number of amides is 2. The summed E-state index contributed by atoms with van der Waals surface area (Å²) >= 11 is 0. The van der Waals surface area contributed by atoms with Crippen LogP contribution in [0.4, 0.5) is 23.2 Å². The molecule has 0 aromatic heterocycles. The normalized spacial score (nSPS) is 20.6. The number of alkyl halides is 3. The van der Waals surface area contributed by atoms with Crippen molar-refractivity contribution < 1.29 is 54.9 Å². The molecule has 2 amide bonds. The number of carboxylic acid groups (broad SMARTS) is 1. The number of nitrogens with one attached hydrogen (secondary N) is 2. The second-order valence-electron chi connectivity index (χ2n) is 12.3. The summed E-state index contributed by atoms with van der Waals surface area (Å²) < 4.78 is 89.1. The third-order valence-corrected chi connectivity index (χ3v) is 10.3. The molecule has 256 valence electrons. The number of rotatable bonds is 10. The standard InChI is InChI=1S/C33H32F4N2O8S/c1-32(2,31(42)43)47-21-11-9-17(10-12-21)23-15-24(26(46-3)16-25(23)34)29(40)39-28-19-8-7-18(13-19)27(28)30(41)38-20-5-4-6-22(14-20)48(44,45)33(35,36)37/h4-6,9-12,14-16,18-19,27-28H,7-8,13H2,1-3H3,(H,38,41)(H,39,40)(H,42,43)/t18-,19+,27+,28-/m1/s1. The number of methoxy groups -OCH3 is 1. The summed E-state index contributed by atoms with van der Waals surface area (Å²) in [5, 5.41) is 14.7. The molecule has 0 aliphatic heterocycles. The highest BCUT2D eigenvalue weighted by atomic mass is 32.2. The van der Waals surface area contributed by atoms with E-state index in [2.05, 4.69) is 10.6 Å². The van der Waals surface area contributed by atoms with Crippen LogP contribution < -0.4 is 20.1 Å². The molecule has 5 rings (SSSR count). The molecule has 2 saturated carbocycles. The van der Waals surface area contributed by atoms with Crippen molar-refractivity contribution in [3.05, 3.63) is 72.0 Å². The highest BCUT2D eigenvalue weighted by Crippen LogP contribution is 2.49. The van der Waals surface area contributed by atoms with Gasteiger partial charge in [0.05, 0.1) is 23.5 Å². The summed E-state index contributed by atoms with van der Waals surface area (Å²) in [5.74, 6) is -3.95. The van der Waals surface area contributed by atoms with Gasteiger partial charge in [0, 0.05) is 23.4 Å². The fourth-order valence-corrected chi connectivity index (χ4v) is 7.18. The van der Waals surface area contributed by atoms with Crippen molar-refractivity contribution in [2.45, 2.75) is 55.2 Å². The minimum Gasteiger partial charge on any atom is -0.496 e. The van der Waals surface area contributed by atoms with E-state index in [-0.39, 0.29) is 40.1 Å². The summed E-state index contributed by atoms with van der Waals surface area (Å²) in [7, 11) is -4.37. The van der Waals surface area contributed by atoms with Crippen LogP contribution in [0.15, 0.2) is 65.6 Å². The van der Waals surface area contributed by atoms with Gasteiger partial charge in [0.25, 0.3) is 15.7 Å². The van der Waals surface area contributed by atoms with Gasteiger partial charge in [-0.15, -0.1) is 0 Å². The molecule has 2 bridgehead atoms. The number of ether oxygens (including phenoxy) is 2. The van der Waals surface area contributed by atoms with Gasteiger partial charge in [-0.25, -0.2) is 17.6 Å². The number of hydrogen-bond acceptors (Lipinski definition) is 7. The Labute approximate surface area is 273 Å². The first-order valence-electron chi connectivity index (χ1n) is 14.9. The van der Waals surface area contributed by atoms with Crippen molar-refractivity contribution >= 4 is 33.3 Å². The van der Waals surface area contributed by atoms with E-state index in [1.807, 2.05) is 0 Å². The summed E-state index contributed by atoms with van der Waals surface area (Å²) in [5.41, 5.74) is -6.80. The molecule has 3 N–H and O–H groups in total. The maximum Gasteiger partial charge on any atom is 0.501 e. The zero-order valence-electron chi connectivity index (χ0n) is 25.9. The Morgan fingerprint density at radius 3 is 2.25 bits per heavy atom. The summed E-state index contributed by atoms with van der Waals surface area (Å²) in [6.07, 6.45) is 2.02. The van der Waals surface area contributed by atoms with E-state index in [9.17, 15) is 41.1 Å². The lowest BCUT2D eigenvalue weighted by atomic mass is 9.83. The van der Waals surface area contributed by atoms with Crippen LogP contribution in [0, 0.1) is 23.6 Å². The van der Waals surface area contributed by atoms with Crippen molar-refractivity contribution in [1.82, 2.24) is 5.32 Å². The quantitative estimate of drug-likeness (QED) is 0.225. The molecule has 2 aliphatic rings. The van der Waals surface area contributed by atoms with Gasteiger partial charge in [-0.3, -0.25) is 9.59 Å². The maximum atomic E-state index is 15.2. The number of hydrogen-bond donors (Lipinski definition) is 3. The largest absolute Gasteiger partial charge is 0.501 e. The third-order valence-electron chi connectivity index (χ3n) is 8.82. The molecule has 15 heteroatoms. The zero-order valence-corrected chi connectivity index (χ0v) is 26.7. The second-order valence-corrected chi connectivity index (χ2v) is 14.2. The first kappa shape index (κ1) is 34.7. The summed E-state index contributed by atoms with van der Waals surface area (Å²) in [6.45, 7) is 2.76.